The van der Waals surface area contributed by atoms with Crippen LogP contribution in [0.25, 0.3) is 34.1 Å². The number of carbonyl (C=O) groups excluding carboxylic acids is 2. The molecule has 2 heterocycles. The molecule has 5 aromatic rings. The van der Waals surface area contributed by atoms with Gasteiger partial charge in [0.15, 0.2) is 0 Å². The molecule has 0 bridgehead atoms. The van der Waals surface area contributed by atoms with Gasteiger partial charge in [0.1, 0.15) is 11.2 Å². The molecule has 0 unspecified atom stereocenters. The molecule has 0 saturated carbocycles. The minimum Gasteiger partial charge on any atom is -0.404 e. The lowest BCUT2D eigenvalue weighted by molar-refractivity contribution is 0.101. The number of hydrogen-bond donors (Lipinski definition) is 4. The van der Waals surface area contributed by atoms with Gasteiger partial charge in [-0.05, 0) is 46.2 Å². The van der Waals surface area contributed by atoms with Gasteiger partial charge in [0.2, 0.25) is 5.95 Å². The monoisotopic (exact) mass is 474 g/mol. The highest BCUT2D eigenvalue weighted by Crippen LogP contribution is 2.21. The summed E-state index contributed by atoms with van der Waals surface area (Å²) < 4.78 is 0. The molecular weight excluding hydrogens is 452 g/mol. The number of nitrogens with two attached hydrogens (primary N) is 1. The maximum atomic E-state index is 13.1. The van der Waals surface area contributed by atoms with Crippen molar-refractivity contribution in [2.45, 2.75) is 0 Å². The van der Waals surface area contributed by atoms with Gasteiger partial charge in [0.05, 0.1) is 11.1 Å². The van der Waals surface area contributed by atoms with E-state index >= 15 is 0 Å². The molecule has 3 aromatic carbocycles. The molecule has 0 aliphatic rings. The van der Waals surface area contributed by atoms with Crippen LogP contribution in [0.1, 0.15) is 20.8 Å². The summed E-state index contributed by atoms with van der Waals surface area (Å²) >= 11 is 0. The lowest BCUT2D eigenvalue weighted by Crippen LogP contribution is -2.26. The third-order valence-electron chi connectivity index (χ3n) is 5.67. The van der Waals surface area contributed by atoms with Crippen LogP contribution in [0.2, 0.25) is 0 Å². The van der Waals surface area contributed by atoms with Crippen LogP contribution < -0.4 is 26.8 Å². The number of nitrogens with zero attached hydrogens (tertiary/aromatic N) is 2. The van der Waals surface area contributed by atoms with Crippen molar-refractivity contribution in [2.24, 2.45) is 5.73 Å². The fourth-order valence-corrected chi connectivity index (χ4v) is 3.93. The molecule has 5 rings (SSSR count). The lowest BCUT2D eigenvalue weighted by atomic mass is 10.1. The van der Waals surface area contributed by atoms with Gasteiger partial charge in [-0.1, -0.05) is 55.1 Å². The highest BCUT2D eigenvalue weighted by atomic mass is 16.2. The molecule has 36 heavy (non-hydrogen) atoms. The number of imidazole rings is 1. The molecule has 0 saturated heterocycles. The van der Waals surface area contributed by atoms with Crippen molar-refractivity contribution in [1.29, 1.82) is 0 Å². The molecule has 0 aliphatic carbocycles. The number of amides is 2. The summed E-state index contributed by atoms with van der Waals surface area (Å²) in [4.78, 5) is 37.7. The summed E-state index contributed by atoms with van der Waals surface area (Å²) in [5, 5.41) is 9.13. The normalized spacial score (nSPS) is 12.1. The second-order valence-electron chi connectivity index (χ2n) is 8.02. The van der Waals surface area contributed by atoms with E-state index in [1.807, 2.05) is 42.5 Å². The zero-order chi connectivity index (χ0) is 25.1. The summed E-state index contributed by atoms with van der Waals surface area (Å²) in [6.07, 6.45) is 6.61. The standard InChI is InChI=1S/C28H22N6O2/c1-2-6-17-13-21(12-11-19(17)15-29)31-26(35)22-9-5-10-23-25(22)33-28(32-23)34-27(36)24-14-18-7-3-4-8-20(18)16-30-24/h2-16H,1,29H2,(H,31,35)(H2,32,33,34,36)/b17-6-,19-15-. The van der Waals surface area contributed by atoms with E-state index in [0.717, 1.165) is 21.2 Å². The van der Waals surface area contributed by atoms with Gasteiger partial charge < -0.3 is 16.0 Å². The van der Waals surface area contributed by atoms with Crippen molar-refractivity contribution in [2.75, 3.05) is 10.6 Å². The van der Waals surface area contributed by atoms with Crippen LogP contribution in [-0.2, 0) is 0 Å². The molecule has 2 amide bonds. The fraction of sp³-hybridized carbons (Fsp3) is 0. The van der Waals surface area contributed by atoms with Crippen LogP contribution >= 0.6 is 0 Å². The third-order valence-corrected chi connectivity index (χ3v) is 5.67. The third kappa shape index (κ3) is 4.43. The molecule has 0 aliphatic heterocycles. The first kappa shape index (κ1) is 22.5. The predicted molar refractivity (Wildman–Crippen MR) is 143 cm³/mol. The summed E-state index contributed by atoms with van der Waals surface area (Å²) in [6, 6.07) is 20.0. The number of aromatic amines is 1. The van der Waals surface area contributed by atoms with Crippen molar-refractivity contribution in [3.63, 3.8) is 0 Å². The van der Waals surface area contributed by atoms with E-state index in [2.05, 4.69) is 32.2 Å². The Morgan fingerprint density at radius 2 is 1.75 bits per heavy atom. The number of anilines is 2. The first-order chi connectivity index (χ1) is 17.6. The number of nitrogens with one attached hydrogen (secondary N) is 3. The average molecular weight is 475 g/mol. The Bertz CT molecular complexity index is 1770. The number of pyridine rings is 1. The van der Waals surface area contributed by atoms with Crippen LogP contribution in [0.5, 0.6) is 0 Å². The number of allylic oxidation sites excluding steroid dienone is 1. The van der Waals surface area contributed by atoms with Gasteiger partial charge in [-0.3, -0.25) is 19.9 Å². The molecule has 0 atom stereocenters. The Hall–Kier alpha value is -5.24. The first-order valence-corrected chi connectivity index (χ1v) is 11.2. The number of aromatic nitrogens is 3. The molecule has 8 heteroatoms. The van der Waals surface area contributed by atoms with Crippen molar-refractivity contribution in [1.82, 2.24) is 15.0 Å². The average Bonchev–Trinajstić information content (AvgIpc) is 3.31. The highest BCUT2D eigenvalue weighted by molar-refractivity contribution is 6.12. The number of hydrogen-bond acceptors (Lipinski definition) is 5. The van der Waals surface area contributed by atoms with Crippen molar-refractivity contribution in [3.8, 4) is 0 Å². The summed E-state index contributed by atoms with van der Waals surface area (Å²) in [5.74, 6) is -0.528. The lowest BCUT2D eigenvalue weighted by Gasteiger charge is -2.06. The zero-order valence-electron chi connectivity index (χ0n) is 19.2. The van der Waals surface area contributed by atoms with Gasteiger partial charge in [0.25, 0.3) is 11.8 Å². The number of fused-ring (bicyclic) bond motifs is 2. The number of rotatable bonds is 5. The van der Waals surface area contributed by atoms with Crippen LogP contribution in [-0.4, -0.2) is 26.8 Å². The molecule has 5 N–H and O–H groups in total. The fourth-order valence-electron chi connectivity index (χ4n) is 3.93. The maximum absolute atomic E-state index is 13.1. The van der Waals surface area contributed by atoms with Gasteiger partial charge in [0, 0.05) is 23.5 Å². The zero-order valence-corrected chi connectivity index (χ0v) is 19.2. The second-order valence-corrected chi connectivity index (χ2v) is 8.02. The molecule has 0 radical (unpaired) electrons. The summed E-state index contributed by atoms with van der Waals surface area (Å²) in [7, 11) is 0. The Morgan fingerprint density at radius 3 is 2.56 bits per heavy atom. The van der Waals surface area contributed by atoms with E-state index in [4.69, 9.17) is 5.73 Å². The molecule has 0 fully saturated rings. The SMILES string of the molecule is C=C/C=c1/cc(NC(=O)c2cccc3[nH]c(NC(=O)c4cc5ccccc5cn4)nc23)cc/c1=C/N. The Labute approximate surface area is 205 Å². The van der Waals surface area contributed by atoms with Crippen LogP contribution in [0.4, 0.5) is 11.6 Å². The second kappa shape index (κ2) is 9.55. The minimum atomic E-state index is -0.409. The largest absolute Gasteiger partial charge is 0.404 e. The molecule has 8 nitrogen and oxygen atoms in total. The predicted octanol–water partition coefficient (Wildman–Crippen LogP) is 3.28. The number of para-hydroxylation sites is 1. The van der Waals surface area contributed by atoms with E-state index in [9.17, 15) is 9.59 Å². The molecule has 2 aromatic heterocycles. The summed E-state index contributed by atoms with van der Waals surface area (Å²) in [5.41, 5.74) is 7.93. The van der Waals surface area contributed by atoms with Gasteiger partial charge in [-0.25, -0.2) is 4.98 Å². The van der Waals surface area contributed by atoms with Gasteiger partial charge >= 0.3 is 0 Å². The van der Waals surface area contributed by atoms with E-state index in [-0.39, 0.29) is 17.5 Å². The molecule has 176 valence electrons. The Kier molecular flexibility index (Phi) is 5.98. The van der Waals surface area contributed by atoms with Gasteiger partial charge in [-0.2, -0.15) is 0 Å². The minimum absolute atomic E-state index is 0.218. The molecule has 0 spiro atoms. The van der Waals surface area contributed by atoms with E-state index < -0.39 is 5.91 Å². The van der Waals surface area contributed by atoms with Crippen molar-refractivity contribution in [3.05, 3.63) is 107 Å². The van der Waals surface area contributed by atoms with Crippen LogP contribution in [0, 0.1) is 0 Å². The van der Waals surface area contributed by atoms with Crippen LogP contribution in [0.15, 0.2) is 85.6 Å². The highest BCUT2D eigenvalue weighted by Gasteiger charge is 2.16. The number of carbonyl (C=O) groups is 2. The van der Waals surface area contributed by atoms with Crippen molar-refractivity contribution >= 4 is 57.5 Å². The van der Waals surface area contributed by atoms with Crippen molar-refractivity contribution < 1.29 is 9.59 Å². The van der Waals surface area contributed by atoms with Crippen LogP contribution in [0.3, 0.4) is 0 Å². The Morgan fingerprint density at radius 1 is 0.917 bits per heavy atom. The van der Waals surface area contributed by atoms with E-state index in [1.54, 1.807) is 42.6 Å². The van der Waals surface area contributed by atoms with E-state index in [0.29, 0.717) is 22.3 Å². The van der Waals surface area contributed by atoms with E-state index in [1.165, 1.54) is 6.20 Å². The molecular formula is C28H22N6O2. The summed E-state index contributed by atoms with van der Waals surface area (Å²) in [6.45, 7) is 3.72. The quantitative estimate of drug-likeness (QED) is 0.311. The number of H-pyrrole nitrogens is 1. The van der Waals surface area contributed by atoms with Gasteiger partial charge in [-0.15, -0.1) is 0 Å². The first-order valence-electron chi connectivity index (χ1n) is 11.2. The number of benzene rings is 3. The Balaban J connectivity index is 1.41. The smallest absolute Gasteiger partial charge is 0.276 e. The maximum Gasteiger partial charge on any atom is 0.276 e. The topological polar surface area (TPSA) is 126 Å².